The average Bonchev–Trinajstić information content (AvgIpc) is 3.43. The standard InChI is InChI=1S/C36H35Cl2NO4S/c1-5-18-36(4)33(26-13-12-23-8-7-11-31(29(23)20-26)44(40,41)42)32(25-9-6-10-28(38)19-25)34(24-14-16-27(37)17-15-24)39-30(22(2)3)21-43-35(36)39/h5-17,19-20,22,30,32-34H,1,18,21H2,2-4H3/p+1/t30?,32-,33?,34+,36-/m0/s1. The van der Waals surface area contributed by atoms with Crippen LogP contribution in [0.3, 0.4) is 0 Å². The molecule has 4 aromatic carbocycles. The molecule has 1 N–H and O–H groups in total. The zero-order valence-corrected chi connectivity index (χ0v) is 27.3. The lowest BCUT2D eigenvalue weighted by molar-refractivity contribution is -0.617. The van der Waals surface area contributed by atoms with Crippen molar-refractivity contribution in [2.75, 3.05) is 6.61 Å². The number of benzene rings is 4. The summed E-state index contributed by atoms with van der Waals surface area (Å²) in [4.78, 5) is -0.113. The number of ether oxygens (including phenoxy) is 1. The Hall–Kier alpha value is -3.16. The molecule has 8 heteroatoms. The van der Waals surface area contributed by atoms with Gasteiger partial charge in [-0.05, 0) is 66.3 Å². The highest BCUT2D eigenvalue weighted by molar-refractivity contribution is 7.86. The normalized spacial score (nSPS) is 25.2. The molecule has 0 radical (unpaired) electrons. The van der Waals surface area contributed by atoms with Crippen molar-refractivity contribution in [2.24, 2.45) is 11.3 Å². The Bertz CT molecular complexity index is 1890. The Labute approximate surface area is 269 Å². The third kappa shape index (κ3) is 5.26. The van der Waals surface area contributed by atoms with Crippen LogP contribution in [0.5, 0.6) is 0 Å². The molecule has 0 saturated carbocycles. The molecule has 228 valence electrons. The molecule has 44 heavy (non-hydrogen) atoms. The second-order valence-electron chi connectivity index (χ2n) is 12.5. The third-order valence-corrected chi connectivity index (χ3v) is 10.8. The van der Waals surface area contributed by atoms with Gasteiger partial charge in [-0.2, -0.15) is 13.0 Å². The van der Waals surface area contributed by atoms with E-state index in [2.05, 4.69) is 56.2 Å². The van der Waals surface area contributed by atoms with E-state index in [4.69, 9.17) is 27.9 Å². The minimum Gasteiger partial charge on any atom is -0.441 e. The molecule has 0 aliphatic carbocycles. The molecule has 5 nitrogen and oxygen atoms in total. The first-order valence-corrected chi connectivity index (χ1v) is 17.0. The number of allylic oxidation sites excluding steroid dienone is 1. The van der Waals surface area contributed by atoms with Gasteiger partial charge in [0.05, 0.1) is 5.92 Å². The first-order chi connectivity index (χ1) is 20.9. The molecule has 2 aliphatic heterocycles. The molecule has 0 fully saturated rings. The van der Waals surface area contributed by atoms with Crippen LogP contribution in [-0.2, 0) is 14.9 Å². The SMILES string of the molecule is C=CC[C@]1(C)C2=[N+](C(C(C)C)CO2)[C@H](c2ccc(Cl)cc2)[C@@H](c2cccc(Cl)c2)C1c1ccc2cccc(S(=O)(=O)O)c2c1. The Morgan fingerprint density at radius 1 is 0.977 bits per heavy atom. The van der Waals surface area contributed by atoms with Crippen molar-refractivity contribution < 1.29 is 22.3 Å². The number of hydrogen-bond donors (Lipinski definition) is 1. The van der Waals surface area contributed by atoms with Gasteiger partial charge in [-0.1, -0.05) is 91.7 Å². The number of nitrogens with zero attached hydrogens (tertiary/aromatic N) is 1. The van der Waals surface area contributed by atoms with Crippen molar-refractivity contribution in [3.63, 3.8) is 0 Å². The number of hydrogen-bond acceptors (Lipinski definition) is 3. The number of fused-ring (bicyclic) bond motifs is 1. The quantitative estimate of drug-likeness (QED) is 0.123. The predicted molar refractivity (Wildman–Crippen MR) is 178 cm³/mol. The third-order valence-electron chi connectivity index (χ3n) is 9.44. The summed E-state index contributed by atoms with van der Waals surface area (Å²) in [5.41, 5.74) is 2.54. The van der Waals surface area contributed by atoms with E-state index in [9.17, 15) is 13.0 Å². The van der Waals surface area contributed by atoms with Crippen LogP contribution in [0.25, 0.3) is 10.8 Å². The predicted octanol–water partition coefficient (Wildman–Crippen LogP) is 9.06. The van der Waals surface area contributed by atoms with Crippen molar-refractivity contribution in [1.29, 1.82) is 0 Å². The van der Waals surface area contributed by atoms with Crippen LogP contribution < -0.4 is 0 Å². The van der Waals surface area contributed by atoms with Crippen molar-refractivity contribution in [1.82, 2.24) is 0 Å². The van der Waals surface area contributed by atoms with E-state index in [1.165, 1.54) is 6.07 Å². The van der Waals surface area contributed by atoms with Gasteiger partial charge in [-0.15, -0.1) is 6.58 Å². The summed E-state index contributed by atoms with van der Waals surface area (Å²) in [6, 6.07) is 26.9. The number of rotatable bonds is 7. The summed E-state index contributed by atoms with van der Waals surface area (Å²) in [5.74, 6) is 0.879. The zero-order chi connectivity index (χ0) is 31.4. The largest absolute Gasteiger partial charge is 0.441 e. The molecule has 4 aromatic rings. The second kappa shape index (κ2) is 11.6. The van der Waals surface area contributed by atoms with Gasteiger partial charge in [0.15, 0.2) is 18.7 Å². The molecule has 0 saturated heterocycles. The summed E-state index contributed by atoms with van der Waals surface area (Å²) in [6.45, 7) is 11.4. The maximum Gasteiger partial charge on any atom is 0.344 e. The fourth-order valence-corrected chi connectivity index (χ4v) is 8.58. The minimum atomic E-state index is -4.46. The first kappa shape index (κ1) is 30.8. The molecule has 2 unspecified atom stereocenters. The monoisotopic (exact) mass is 648 g/mol. The van der Waals surface area contributed by atoms with Crippen molar-refractivity contribution in [2.45, 2.75) is 56.0 Å². The minimum absolute atomic E-state index is 0.113. The zero-order valence-electron chi connectivity index (χ0n) is 25.0. The van der Waals surface area contributed by atoms with Gasteiger partial charge in [0, 0.05) is 32.8 Å². The molecule has 2 aliphatic rings. The second-order valence-corrected chi connectivity index (χ2v) is 14.8. The Balaban J connectivity index is 1.72. The Morgan fingerprint density at radius 3 is 2.34 bits per heavy atom. The van der Waals surface area contributed by atoms with E-state index in [1.54, 1.807) is 6.07 Å². The molecule has 0 aromatic heterocycles. The van der Waals surface area contributed by atoms with Crippen LogP contribution in [-0.4, -0.2) is 36.1 Å². The lowest BCUT2D eigenvalue weighted by Gasteiger charge is -2.46. The smallest absolute Gasteiger partial charge is 0.344 e. The van der Waals surface area contributed by atoms with Crippen LogP contribution in [0.1, 0.15) is 61.8 Å². The molecule has 6 rings (SSSR count). The number of halogens is 2. The molecular weight excluding hydrogens is 613 g/mol. The lowest BCUT2D eigenvalue weighted by Crippen LogP contribution is -2.51. The van der Waals surface area contributed by atoms with E-state index in [-0.39, 0.29) is 28.8 Å². The van der Waals surface area contributed by atoms with E-state index >= 15 is 0 Å². The van der Waals surface area contributed by atoms with Crippen molar-refractivity contribution in [3.8, 4) is 0 Å². The van der Waals surface area contributed by atoms with E-state index in [0.29, 0.717) is 34.4 Å². The van der Waals surface area contributed by atoms with E-state index < -0.39 is 15.5 Å². The maximum atomic E-state index is 12.5. The summed E-state index contributed by atoms with van der Waals surface area (Å²) in [5, 5.41) is 2.50. The molecule has 0 spiro atoms. The van der Waals surface area contributed by atoms with Gasteiger partial charge in [0.25, 0.3) is 10.1 Å². The van der Waals surface area contributed by atoms with Crippen LogP contribution in [0, 0.1) is 11.3 Å². The average molecular weight is 650 g/mol. The van der Waals surface area contributed by atoms with Gasteiger partial charge in [-0.3, -0.25) is 4.55 Å². The fourth-order valence-electron chi connectivity index (χ4n) is 7.55. The topological polar surface area (TPSA) is 66.6 Å². The van der Waals surface area contributed by atoms with Crippen LogP contribution in [0.4, 0.5) is 0 Å². The van der Waals surface area contributed by atoms with Crippen molar-refractivity contribution in [3.05, 3.63) is 124 Å². The van der Waals surface area contributed by atoms with Crippen molar-refractivity contribution >= 4 is 50.0 Å². The van der Waals surface area contributed by atoms with Gasteiger partial charge in [0.2, 0.25) is 0 Å². The first-order valence-electron chi connectivity index (χ1n) is 14.8. The van der Waals surface area contributed by atoms with E-state index in [0.717, 1.165) is 28.0 Å². The van der Waals surface area contributed by atoms with Crippen LogP contribution in [0.2, 0.25) is 10.0 Å². The van der Waals surface area contributed by atoms with E-state index in [1.807, 2.05) is 54.6 Å². The molecule has 0 bridgehead atoms. The highest BCUT2D eigenvalue weighted by atomic mass is 35.5. The Morgan fingerprint density at radius 2 is 1.68 bits per heavy atom. The van der Waals surface area contributed by atoms with Crippen LogP contribution in [0.15, 0.2) is 102 Å². The van der Waals surface area contributed by atoms with Gasteiger partial charge >= 0.3 is 5.90 Å². The molecular formula is C36H36Cl2NO4S+. The van der Waals surface area contributed by atoms with Gasteiger partial charge in [0.1, 0.15) is 10.3 Å². The summed E-state index contributed by atoms with van der Waals surface area (Å²) < 4.78 is 44.3. The molecule has 5 atom stereocenters. The fraction of sp³-hybridized carbons (Fsp3) is 0.306. The summed E-state index contributed by atoms with van der Waals surface area (Å²) in [6.07, 6.45) is 2.56. The highest BCUT2D eigenvalue weighted by Gasteiger charge is 2.62. The summed E-state index contributed by atoms with van der Waals surface area (Å²) in [7, 11) is -4.46. The molecule has 0 amide bonds. The van der Waals surface area contributed by atoms with Gasteiger partial charge in [-0.25, -0.2) is 0 Å². The Kier molecular flexibility index (Phi) is 8.16. The van der Waals surface area contributed by atoms with Gasteiger partial charge < -0.3 is 4.74 Å². The summed E-state index contributed by atoms with van der Waals surface area (Å²) >= 11 is 13.1. The van der Waals surface area contributed by atoms with Crippen LogP contribution >= 0.6 is 23.2 Å². The highest BCUT2D eigenvalue weighted by Crippen LogP contribution is 2.59. The maximum absolute atomic E-state index is 12.5. The lowest BCUT2D eigenvalue weighted by atomic mass is 9.59. The molecule has 2 heterocycles.